The van der Waals surface area contributed by atoms with E-state index in [1.807, 2.05) is 0 Å². The number of rotatable bonds is 5. The molecule has 2 aromatic rings. The topological polar surface area (TPSA) is 120 Å². The second-order valence-corrected chi connectivity index (χ2v) is 5.24. The third-order valence-corrected chi connectivity index (χ3v) is 3.48. The molecule has 4 N–H and O–H groups in total. The van der Waals surface area contributed by atoms with Crippen molar-refractivity contribution in [3.05, 3.63) is 53.6 Å². The molecule has 3 rings (SSSR count). The van der Waals surface area contributed by atoms with Gasteiger partial charge in [0.2, 0.25) is 18.6 Å². The van der Waals surface area contributed by atoms with Crippen LogP contribution in [0.3, 0.4) is 0 Å². The molecule has 128 valence electrons. The highest BCUT2D eigenvalue weighted by Gasteiger charge is 2.16. The van der Waals surface area contributed by atoms with Gasteiger partial charge in [-0.3, -0.25) is 14.4 Å². The number of benzene rings is 2. The standard InChI is InChI=1S/C17H15N3O5/c18-16(22)10-2-1-3-12(6-10)20-15(21)8-19-17(23)11-4-5-13-14(7-11)25-9-24-13/h1-7H,8-9H2,(H2,18,22)(H,19,23)(H,20,21). The van der Waals surface area contributed by atoms with Crippen LogP contribution in [0, 0.1) is 0 Å². The highest BCUT2D eigenvalue weighted by Crippen LogP contribution is 2.32. The number of amides is 3. The number of carbonyl (C=O) groups is 3. The molecule has 1 aliphatic heterocycles. The number of hydrogen-bond donors (Lipinski definition) is 3. The Morgan fingerprint density at radius 3 is 2.60 bits per heavy atom. The monoisotopic (exact) mass is 341 g/mol. The fourth-order valence-electron chi connectivity index (χ4n) is 2.26. The van der Waals surface area contributed by atoms with Gasteiger partial charge in [0.1, 0.15) is 0 Å². The van der Waals surface area contributed by atoms with Crippen molar-refractivity contribution < 1.29 is 23.9 Å². The average Bonchev–Trinajstić information content (AvgIpc) is 3.07. The predicted molar refractivity (Wildman–Crippen MR) is 88.5 cm³/mol. The third kappa shape index (κ3) is 3.86. The second-order valence-electron chi connectivity index (χ2n) is 5.24. The maximum absolute atomic E-state index is 12.1. The number of carbonyl (C=O) groups excluding carboxylic acids is 3. The van der Waals surface area contributed by atoms with Crippen molar-refractivity contribution in [1.29, 1.82) is 0 Å². The van der Waals surface area contributed by atoms with Crippen LogP contribution in [0.25, 0.3) is 0 Å². The zero-order valence-corrected chi connectivity index (χ0v) is 13.1. The molecule has 1 heterocycles. The smallest absolute Gasteiger partial charge is 0.251 e. The van der Waals surface area contributed by atoms with Gasteiger partial charge in [-0.05, 0) is 36.4 Å². The maximum Gasteiger partial charge on any atom is 0.251 e. The van der Waals surface area contributed by atoms with E-state index in [1.54, 1.807) is 36.4 Å². The SMILES string of the molecule is NC(=O)c1cccc(NC(=O)CNC(=O)c2ccc3c(c2)OCO3)c1. The minimum atomic E-state index is -0.591. The van der Waals surface area contributed by atoms with Gasteiger partial charge in [0, 0.05) is 16.8 Å². The summed E-state index contributed by atoms with van der Waals surface area (Å²) in [6, 6.07) is 11.0. The van der Waals surface area contributed by atoms with Gasteiger partial charge in [0.25, 0.3) is 5.91 Å². The lowest BCUT2D eigenvalue weighted by Crippen LogP contribution is -2.32. The summed E-state index contributed by atoms with van der Waals surface area (Å²) in [5.74, 6) is -0.383. The summed E-state index contributed by atoms with van der Waals surface area (Å²) >= 11 is 0. The van der Waals surface area contributed by atoms with Crippen LogP contribution in [0.4, 0.5) is 5.69 Å². The molecule has 0 unspecified atom stereocenters. The predicted octanol–water partition coefficient (Wildman–Crippen LogP) is 0.883. The van der Waals surface area contributed by atoms with Gasteiger partial charge in [-0.15, -0.1) is 0 Å². The van der Waals surface area contributed by atoms with Crippen molar-refractivity contribution in [3.8, 4) is 11.5 Å². The van der Waals surface area contributed by atoms with Gasteiger partial charge in [-0.1, -0.05) is 6.07 Å². The molecule has 0 bridgehead atoms. The zero-order valence-electron chi connectivity index (χ0n) is 13.1. The first-order valence-electron chi connectivity index (χ1n) is 7.40. The number of nitrogens with one attached hydrogen (secondary N) is 2. The second kappa shape index (κ2) is 6.91. The summed E-state index contributed by atoms with van der Waals surface area (Å²) < 4.78 is 10.4. The van der Waals surface area contributed by atoms with Crippen LogP contribution >= 0.6 is 0 Å². The van der Waals surface area contributed by atoms with Gasteiger partial charge in [-0.25, -0.2) is 0 Å². The lowest BCUT2D eigenvalue weighted by molar-refractivity contribution is -0.115. The minimum Gasteiger partial charge on any atom is -0.454 e. The van der Waals surface area contributed by atoms with E-state index in [1.165, 1.54) is 6.07 Å². The van der Waals surface area contributed by atoms with Crippen LogP contribution < -0.4 is 25.8 Å². The molecule has 0 atom stereocenters. The summed E-state index contributed by atoms with van der Waals surface area (Å²) in [5, 5.41) is 5.09. The Morgan fingerprint density at radius 2 is 1.80 bits per heavy atom. The van der Waals surface area contributed by atoms with Crippen LogP contribution in [0.15, 0.2) is 42.5 Å². The molecular weight excluding hydrogens is 326 g/mol. The number of anilines is 1. The lowest BCUT2D eigenvalue weighted by atomic mass is 10.2. The van der Waals surface area contributed by atoms with E-state index in [-0.39, 0.29) is 18.9 Å². The Kier molecular flexibility index (Phi) is 4.51. The number of primary amides is 1. The van der Waals surface area contributed by atoms with Gasteiger partial charge in [0.05, 0.1) is 6.54 Å². The number of nitrogens with two attached hydrogens (primary N) is 1. The molecular formula is C17H15N3O5. The summed E-state index contributed by atoms with van der Waals surface area (Å²) in [6.45, 7) is -0.110. The average molecular weight is 341 g/mol. The third-order valence-electron chi connectivity index (χ3n) is 3.48. The lowest BCUT2D eigenvalue weighted by Gasteiger charge is -2.08. The molecule has 0 fully saturated rings. The fraction of sp³-hybridized carbons (Fsp3) is 0.118. The van der Waals surface area contributed by atoms with Crippen LogP contribution in [0.5, 0.6) is 11.5 Å². The molecule has 2 aromatic carbocycles. The Morgan fingerprint density at radius 1 is 1.00 bits per heavy atom. The molecule has 3 amide bonds. The van der Waals surface area contributed by atoms with Crippen LogP contribution in [0.1, 0.15) is 20.7 Å². The summed E-state index contributed by atoms with van der Waals surface area (Å²) in [6.07, 6.45) is 0. The Balaban J connectivity index is 1.56. The normalized spacial score (nSPS) is 11.7. The van der Waals surface area contributed by atoms with E-state index in [9.17, 15) is 14.4 Å². The number of hydrogen-bond acceptors (Lipinski definition) is 5. The summed E-state index contributed by atoms with van der Waals surface area (Å²) in [4.78, 5) is 35.2. The molecule has 0 aromatic heterocycles. The molecule has 0 saturated carbocycles. The first-order valence-corrected chi connectivity index (χ1v) is 7.40. The fourth-order valence-corrected chi connectivity index (χ4v) is 2.26. The molecule has 25 heavy (non-hydrogen) atoms. The minimum absolute atomic E-state index is 0.118. The van der Waals surface area contributed by atoms with E-state index in [4.69, 9.17) is 15.2 Å². The van der Waals surface area contributed by atoms with Crippen molar-refractivity contribution in [2.75, 3.05) is 18.7 Å². The molecule has 8 nitrogen and oxygen atoms in total. The van der Waals surface area contributed by atoms with Crippen molar-refractivity contribution >= 4 is 23.4 Å². The Bertz CT molecular complexity index is 850. The van der Waals surface area contributed by atoms with Gasteiger partial charge < -0.3 is 25.8 Å². The van der Waals surface area contributed by atoms with Crippen LogP contribution in [-0.2, 0) is 4.79 Å². The van der Waals surface area contributed by atoms with Crippen LogP contribution in [-0.4, -0.2) is 31.1 Å². The van der Waals surface area contributed by atoms with Crippen molar-refractivity contribution in [2.24, 2.45) is 5.73 Å². The molecule has 1 aliphatic rings. The highest BCUT2D eigenvalue weighted by molar-refractivity contribution is 6.00. The summed E-state index contributed by atoms with van der Waals surface area (Å²) in [5.41, 5.74) is 6.24. The quantitative estimate of drug-likeness (QED) is 0.746. The van der Waals surface area contributed by atoms with Gasteiger partial charge >= 0.3 is 0 Å². The van der Waals surface area contributed by atoms with Crippen molar-refractivity contribution in [1.82, 2.24) is 5.32 Å². The van der Waals surface area contributed by atoms with Crippen molar-refractivity contribution in [2.45, 2.75) is 0 Å². The largest absolute Gasteiger partial charge is 0.454 e. The van der Waals surface area contributed by atoms with E-state index in [0.717, 1.165) is 0 Å². The Hall–Kier alpha value is -3.55. The van der Waals surface area contributed by atoms with Gasteiger partial charge in [-0.2, -0.15) is 0 Å². The van der Waals surface area contributed by atoms with E-state index < -0.39 is 17.7 Å². The van der Waals surface area contributed by atoms with Crippen molar-refractivity contribution in [3.63, 3.8) is 0 Å². The van der Waals surface area contributed by atoms with E-state index in [2.05, 4.69) is 10.6 Å². The van der Waals surface area contributed by atoms with E-state index in [0.29, 0.717) is 22.7 Å². The molecule has 8 heteroatoms. The maximum atomic E-state index is 12.1. The number of ether oxygens (including phenoxy) is 2. The van der Waals surface area contributed by atoms with Crippen LogP contribution in [0.2, 0.25) is 0 Å². The zero-order chi connectivity index (χ0) is 17.8. The first kappa shape index (κ1) is 16.3. The molecule has 0 spiro atoms. The summed E-state index contributed by atoms with van der Waals surface area (Å²) in [7, 11) is 0. The number of fused-ring (bicyclic) bond motifs is 1. The van der Waals surface area contributed by atoms with E-state index >= 15 is 0 Å². The highest BCUT2D eigenvalue weighted by atomic mass is 16.7. The first-order chi connectivity index (χ1) is 12.0. The molecule has 0 radical (unpaired) electrons. The molecule has 0 aliphatic carbocycles. The Labute approximate surface area is 142 Å². The molecule has 0 saturated heterocycles. The van der Waals surface area contributed by atoms with Gasteiger partial charge in [0.15, 0.2) is 11.5 Å².